The Morgan fingerprint density at radius 1 is 1.35 bits per heavy atom. The lowest BCUT2D eigenvalue weighted by Gasteiger charge is -2.29. The SMILES string of the molecule is CCNC(=NCCc1ncc(CC)s1)N1CCC(CN2CCOCC2)C1. The summed E-state index contributed by atoms with van der Waals surface area (Å²) in [6, 6.07) is 0. The number of likely N-dealkylation sites (tertiary alicyclic amines) is 1. The Morgan fingerprint density at radius 3 is 2.92 bits per heavy atom. The van der Waals surface area contributed by atoms with Crippen LogP contribution in [0.25, 0.3) is 0 Å². The normalized spacial score (nSPS) is 22.2. The van der Waals surface area contributed by atoms with Gasteiger partial charge in [0.1, 0.15) is 0 Å². The minimum absolute atomic E-state index is 0.739. The molecule has 3 rings (SSSR count). The third-order valence-corrected chi connectivity index (χ3v) is 6.28. The summed E-state index contributed by atoms with van der Waals surface area (Å²) in [5.41, 5.74) is 0. The van der Waals surface area contributed by atoms with Crippen molar-refractivity contribution in [2.45, 2.75) is 33.1 Å². The van der Waals surface area contributed by atoms with Gasteiger partial charge >= 0.3 is 0 Å². The van der Waals surface area contributed by atoms with E-state index in [1.54, 1.807) is 0 Å². The number of hydrogen-bond donors (Lipinski definition) is 1. The molecule has 3 heterocycles. The van der Waals surface area contributed by atoms with Gasteiger partial charge in [0.15, 0.2) is 5.96 Å². The summed E-state index contributed by atoms with van der Waals surface area (Å²) in [5, 5.41) is 4.68. The first-order chi connectivity index (χ1) is 12.8. The van der Waals surface area contributed by atoms with Crippen LogP contribution in [-0.4, -0.2) is 79.8 Å². The van der Waals surface area contributed by atoms with Crippen LogP contribution in [0, 0.1) is 5.92 Å². The predicted octanol–water partition coefficient (Wildman–Crippen LogP) is 1.87. The first kappa shape index (κ1) is 19.6. The number of aromatic nitrogens is 1. The van der Waals surface area contributed by atoms with Gasteiger partial charge < -0.3 is 15.0 Å². The van der Waals surface area contributed by atoms with E-state index in [1.807, 2.05) is 17.5 Å². The smallest absolute Gasteiger partial charge is 0.193 e. The second-order valence-electron chi connectivity index (χ2n) is 7.07. The largest absolute Gasteiger partial charge is 0.379 e. The number of ether oxygens (including phenoxy) is 1. The Labute approximate surface area is 161 Å². The quantitative estimate of drug-likeness (QED) is 0.579. The molecule has 146 valence electrons. The van der Waals surface area contributed by atoms with Gasteiger partial charge in [0.05, 0.1) is 18.2 Å². The fourth-order valence-electron chi connectivity index (χ4n) is 3.63. The van der Waals surface area contributed by atoms with E-state index >= 15 is 0 Å². The summed E-state index contributed by atoms with van der Waals surface area (Å²) in [6.45, 7) is 13.4. The first-order valence-corrected chi connectivity index (χ1v) is 10.9. The molecule has 0 aromatic carbocycles. The summed E-state index contributed by atoms with van der Waals surface area (Å²) in [5.74, 6) is 1.81. The van der Waals surface area contributed by atoms with E-state index in [4.69, 9.17) is 9.73 Å². The molecule has 7 heteroatoms. The van der Waals surface area contributed by atoms with Gasteiger partial charge in [-0.1, -0.05) is 6.92 Å². The van der Waals surface area contributed by atoms with Crippen molar-refractivity contribution in [1.29, 1.82) is 0 Å². The average Bonchev–Trinajstić information content (AvgIpc) is 3.31. The maximum Gasteiger partial charge on any atom is 0.193 e. The van der Waals surface area contributed by atoms with Gasteiger partial charge in [-0.05, 0) is 25.7 Å². The summed E-state index contributed by atoms with van der Waals surface area (Å²) in [7, 11) is 0. The highest BCUT2D eigenvalue weighted by Crippen LogP contribution is 2.18. The highest BCUT2D eigenvalue weighted by Gasteiger charge is 2.27. The topological polar surface area (TPSA) is 53.0 Å². The molecule has 6 nitrogen and oxygen atoms in total. The second-order valence-corrected chi connectivity index (χ2v) is 8.27. The van der Waals surface area contributed by atoms with E-state index in [0.29, 0.717) is 0 Å². The molecule has 0 saturated carbocycles. The number of thiazole rings is 1. The monoisotopic (exact) mass is 379 g/mol. The third kappa shape index (κ3) is 5.66. The number of aliphatic imine (C=N–C) groups is 1. The van der Waals surface area contributed by atoms with Gasteiger partial charge in [0.25, 0.3) is 0 Å². The minimum Gasteiger partial charge on any atom is -0.379 e. The predicted molar refractivity (Wildman–Crippen MR) is 108 cm³/mol. The van der Waals surface area contributed by atoms with Crippen LogP contribution < -0.4 is 5.32 Å². The lowest BCUT2D eigenvalue weighted by atomic mass is 10.1. The van der Waals surface area contributed by atoms with Gasteiger partial charge in [-0.3, -0.25) is 9.89 Å². The lowest BCUT2D eigenvalue weighted by Crippen LogP contribution is -2.42. The molecule has 1 N–H and O–H groups in total. The highest BCUT2D eigenvalue weighted by atomic mass is 32.1. The van der Waals surface area contributed by atoms with Crippen molar-refractivity contribution < 1.29 is 4.74 Å². The molecular weight excluding hydrogens is 346 g/mol. The number of nitrogens with one attached hydrogen (secondary N) is 1. The molecule has 0 aliphatic carbocycles. The fourth-order valence-corrected chi connectivity index (χ4v) is 4.48. The number of hydrogen-bond acceptors (Lipinski definition) is 5. The molecule has 0 radical (unpaired) electrons. The van der Waals surface area contributed by atoms with Crippen molar-refractivity contribution in [1.82, 2.24) is 20.1 Å². The molecule has 1 aromatic heterocycles. The maximum atomic E-state index is 5.46. The van der Waals surface area contributed by atoms with E-state index < -0.39 is 0 Å². The van der Waals surface area contributed by atoms with Gasteiger partial charge in [0.2, 0.25) is 0 Å². The summed E-state index contributed by atoms with van der Waals surface area (Å²) < 4.78 is 5.46. The fraction of sp³-hybridized carbons (Fsp3) is 0.789. The molecule has 0 bridgehead atoms. The second kappa shape index (κ2) is 10.2. The Bertz CT molecular complexity index is 570. The first-order valence-electron chi connectivity index (χ1n) is 10.1. The number of nitrogens with zero attached hydrogens (tertiary/aromatic N) is 4. The van der Waals surface area contributed by atoms with Gasteiger partial charge in [-0.15, -0.1) is 11.3 Å². The van der Waals surface area contributed by atoms with Crippen LogP contribution in [-0.2, 0) is 17.6 Å². The van der Waals surface area contributed by atoms with Crippen LogP contribution in [0.4, 0.5) is 0 Å². The van der Waals surface area contributed by atoms with Crippen molar-refractivity contribution in [3.63, 3.8) is 0 Å². The van der Waals surface area contributed by atoms with Crippen molar-refractivity contribution in [3.05, 3.63) is 16.1 Å². The number of morpholine rings is 1. The average molecular weight is 380 g/mol. The molecule has 2 aliphatic rings. The standard InChI is InChI=1S/C19H33N5OS/c1-3-17-13-22-18(26-17)5-7-21-19(20-4-2)24-8-6-16(15-24)14-23-9-11-25-12-10-23/h13,16H,3-12,14-15H2,1-2H3,(H,20,21). The molecule has 2 fully saturated rings. The molecule has 0 spiro atoms. The lowest BCUT2D eigenvalue weighted by molar-refractivity contribution is 0.0315. The minimum atomic E-state index is 0.739. The van der Waals surface area contributed by atoms with E-state index in [2.05, 4.69) is 33.9 Å². The molecule has 1 aromatic rings. The third-order valence-electron chi connectivity index (χ3n) is 5.08. The van der Waals surface area contributed by atoms with Crippen molar-refractivity contribution in [2.75, 3.05) is 59.0 Å². The van der Waals surface area contributed by atoms with Crippen molar-refractivity contribution in [2.24, 2.45) is 10.9 Å². The van der Waals surface area contributed by atoms with E-state index in [-0.39, 0.29) is 0 Å². The van der Waals surface area contributed by atoms with Crippen molar-refractivity contribution in [3.8, 4) is 0 Å². The Balaban J connectivity index is 1.48. The van der Waals surface area contributed by atoms with Crippen LogP contribution in [0.3, 0.4) is 0 Å². The van der Waals surface area contributed by atoms with Crippen LogP contribution in [0.15, 0.2) is 11.2 Å². The summed E-state index contributed by atoms with van der Waals surface area (Å²) in [4.78, 5) is 15.7. The summed E-state index contributed by atoms with van der Waals surface area (Å²) >= 11 is 1.82. The maximum absolute atomic E-state index is 5.46. The van der Waals surface area contributed by atoms with Crippen LogP contribution in [0.2, 0.25) is 0 Å². The zero-order chi connectivity index (χ0) is 18.2. The van der Waals surface area contributed by atoms with E-state index in [1.165, 1.54) is 22.9 Å². The zero-order valence-corrected chi connectivity index (χ0v) is 17.1. The molecule has 2 aliphatic heterocycles. The van der Waals surface area contributed by atoms with Gasteiger partial charge in [-0.25, -0.2) is 4.98 Å². The van der Waals surface area contributed by atoms with Crippen LogP contribution >= 0.6 is 11.3 Å². The zero-order valence-electron chi connectivity index (χ0n) is 16.2. The molecular formula is C19H33N5OS. The molecule has 1 unspecified atom stereocenters. The van der Waals surface area contributed by atoms with Crippen molar-refractivity contribution >= 4 is 17.3 Å². The Morgan fingerprint density at radius 2 is 2.19 bits per heavy atom. The number of aryl methyl sites for hydroxylation is 1. The highest BCUT2D eigenvalue weighted by molar-refractivity contribution is 7.11. The summed E-state index contributed by atoms with van der Waals surface area (Å²) in [6.07, 6.45) is 5.27. The number of rotatable bonds is 7. The Kier molecular flexibility index (Phi) is 7.70. The van der Waals surface area contributed by atoms with E-state index in [0.717, 1.165) is 77.2 Å². The van der Waals surface area contributed by atoms with Gasteiger partial charge in [-0.2, -0.15) is 0 Å². The molecule has 1 atom stereocenters. The number of guanidine groups is 1. The molecule has 2 saturated heterocycles. The Hall–Kier alpha value is -1.18. The molecule has 0 amide bonds. The van der Waals surface area contributed by atoms with Crippen LogP contribution in [0.5, 0.6) is 0 Å². The molecule has 26 heavy (non-hydrogen) atoms. The van der Waals surface area contributed by atoms with Gasteiger partial charge in [0, 0.05) is 63.3 Å². The van der Waals surface area contributed by atoms with Crippen LogP contribution in [0.1, 0.15) is 30.2 Å². The van der Waals surface area contributed by atoms with E-state index in [9.17, 15) is 0 Å².